The Bertz CT molecular complexity index is 1290. The van der Waals surface area contributed by atoms with Crippen molar-refractivity contribution in [2.45, 2.75) is 24.7 Å². The Hall–Kier alpha value is -2.75. The number of pyridine rings is 1. The number of fused-ring (bicyclic) bond motifs is 1. The van der Waals surface area contributed by atoms with E-state index in [9.17, 15) is 13.2 Å². The second-order valence-corrected chi connectivity index (χ2v) is 9.79. The van der Waals surface area contributed by atoms with E-state index in [2.05, 4.69) is 19.9 Å². The molecule has 8 nitrogen and oxygen atoms in total. The standard InChI is InChI=1S/C21H21ClN4O4S/c1-30-19-6-4-14(22)9-15(19)17-5-3-13(10-23-17)11-26-8-7-18-16(12-26)20(27)25-21(24-18)31(2,28)29/h3-6,9-10H,7-8,11-12H2,1-2H3,(H,24,25,27). The number of halogens is 1. The third-order valence-corrected chi connectivity index (χ3v) is 6.28. The third kappa shape index (κ3) is 4.63. The Labute approximate surface area is 184 Å². The van der Waals surface area contributed by atoms with Gasteiger partial charge in [-0.3, -0.25) is 19.7 Å². The molecule has 162 valence electrons. The van der Waals surface area contributed by atoms with E-state index in [1.54, 1.807) is 25.4 Å². The molecule has 0 saturated carbocycles. The average molecular weight is 461 g/mol. The topological polar surface area (TPSA) is 105 Å². The molecule has 0 unspecified atom stereocenters. The van der Waals surface area contributed by atoms with Crippen LogP contribution in [0, 0.1) is 0 Å². The number of methoxy groups -OCH3 is 1. The monoisotopic (exact) mass is 460 g/mol. The van der Waals surface area contributed by atoms with Gasteiger partial charge in [0.05, 0.1) is 24.1 Å². The molecule has 4 rings (SSSR count). The summed E-state index contributed by atoms with van der Waals surface area (Å²) in [5.41, 5.74) is 3.20. The van der Waals surface area contributed by atoms with Crippen LogP contribution in [0.3, 0.4) is 0 Å². The zero-order valence-electron chi connectivity index (χ0n) is 17.1. The highest BCUT2D eigenvalue weighted by molar-refractivity contribution is 7.90. The van der Waals surface area contributed by atoms with Gasteiger partial charge >= 0.3 is 0 Å². The van der Waals surface area contributed by atoms with Gasteiger partial charge in [-0.1, -0.05) is 17.7 Å². The lowest BCUT2D eigenvalue weighted by Crippen LogP contribution is -2.36. The molecule has 0 fully saturated rings. The molecule has 10 heteroatoms. The maximum atomic E-state index is 12.4. The zero-order valence-corrected chi connectivity index (χ0v) is 18.6. The van der Waals surface area contributed by atoms with Crippen molar-refractivity contribution < 1.29 is 13.2 Å². The molecule has 31 heavy (non-hydrogen) atoms. The summed E-state index contributed by atoms with van der Waals surface area (Å²) >= 11 is 6.12. The lowest BCUT2D eigenvalue weighted by Gasteiger charge is -2.27. The normalized spacial score (nSPS) is 14.3. The lowest BCUT2D eigenvalue weighted by atomic mass is 10.1. The van der Waals surface area contributed by atoms with Crippen LogP contribution in [0.5, 0.6) is 5.75 Å². The highest BCUT2D eigenvalue weighted by Gasteiger charge is 2.23. The Kier molecular flexibility index (Phi) is 5.83. The van der Waals surface area contributed by atoms with Gasteiger partial charge in [0.25, 0.3) is 5.56 Å². The van der Waals surface area contributed by atoms with Crippen LogP contribution in [0.1, 0.15) is 16.8 Å². The first kappa shape index (κ1) is 21.5. The van der Waals surface area contributed by atoms with Crippen molar-refractivity contribution >= 4 is 21.4 Å². The molecule has 0 atom stereocenters. The van der Waals surface area contributed by atoms with E-state index in [0.717, 1.165) is 23.1 Å². The summed E-state index contributed by atoms with van der Waals surface area (Å²) in [4.78, 5) is 25.6. The van der Waals surface area contributed by atoms with Gasteiger partial charge in [0.1, 0.15) is 5.75 Å². The first-order chi connectivity index (χ1) is 14.7. The number of rotatable bonds is 5. The molecule has 0 bridgehead atoms. The predicted octanol–water partition coefficient (Wildman–Crippen LogP) is 2.46. The minimum atomic E-state index is -3.56. The number of hydrogen-bond acceptors (Lipinski definition) is 7. The molecule has 1 aliphatic rings. The number of aromatic nitrogens is 3. The van der Waals surface area contributed by atoms with Gasteiger partial charge in [0.15, 0.2) is 0 Å². The summed E-state index contributed by atoms with van der Waals surface area (Å²) in [6, 6.07) is 9.27. The number of benzene rings is 1. The summed E-state index contributed by atoms with van der Waals surface area (Å²) < 4.78 is 28.8. The Balaban J connectivity index is 1.52. The number of aromatic amines is 1. The van der Waals surface area contributed by atoms with Gasteiger partial charge in [-0.25, -0.2) is 13.4 Å². The van der Waals surface area contributed by atoms with E-state index in [0.29, 0.717) is 48.1 Å². The molecule has 0 amide bonds. The van der Waals surface area contributed by atoms with E-state index in [4.69, 9.17) is 16.3 Å². The molecule has 0 radical (unpaired) electrons. The fourth-order valence-electron chi connectivity index (χ4n) is 3.58. The molecule has 0 saturated heterocycles. The largest absolute Gasteiger partial charge is 0.496 e. The van der Waals surface area contributed by atoms with E-state index in [1.807, 2.05) is 18.2 Å². The van der Waals surface area contributed by atoms with E-state index < -0.39 is 15.4 Å². The van der Waals surface area contributed by atoms with Crippen molar-refractivity contribution in [3.63, 3.8) is 0 Å². The molecule has 2 aromatic heterocycles. The van der Waals surface area contributed by atoms with Crippen molar-refractivity contribution in [1.29, 1.82) is 0 Å². The van der Waals surface area contributed by atoms with Crippen molar-refractivity contribution in [1.82, 2.24) is 19.9 Å². The number of sulfone groups is 1. The molecule has 3 aromatic rings. The Morgan fingerprint density at radius 3 is 2.74 bits per heavy atom. The number of nitrogens with zero attached hydrogens (tertiary/aromatic N) is 3. The summed E-state index contributed by atoms with van der Waals surface area (Å²) in [6.07, 6.45) is 3.33. The van der Waals surface area contributed by atoms with E-state index >= 15 is 0 Å². The summed E-state index contributed by atoms with van der Waals surface area (Å²) in [5.74, 6) is 0.692. The quantitative estimate of drug-likeness (QED) is 0.583. The Morgan fingerprint density at radius 1 is 1.26 bits per heavy atom. The van der Waals surface area contributed by atoms with Crippen LogP contribution in [0.25, 0.3) is 11.3 Å². The van der Waals surface area contributed by atoms with Crippen LogP contribution in [-0.4, -0.2) is 48.2 Å². The van der Waals surface area contributed by atoms with Crippen LogP contribution >= 0.6 is 11.6 Å². The molecule has 1 N–H and O–H groups in total. The van der Waals surface area contributed by atoms with Gasteiger partial charge in [-0.05, 0) is 29.8 Å². The lowest BCUT2D eigenvalue weighted by molar-refractivity contribution is 0.240. The van der Waals surface area contributed by atoms with Crippen LogP contribution in [0.15, 0.2) is 46.5 Å². The number of H-pyrrole nitrogens is 1. The van der Waals surface area contributed by atoms with Crippen molar-refractivity contribution in [3.8, 4) is 17.0 Å². The maximum absolute atomic E-state index is 12.4. The first-order valence-electron chi connectivity index (χ1n) is 9.58. The summed E-state index contributed by atoms with van der Waals surface area (Å²) in [7, 11) is -1.96. The zero-order chi connectivity index (χ0) is 22.2. The molecule has 1 aromatic carbocycles. The minimum Gasteiger partial charge on any atom is -0.496 e. The van der Waals surface area contributed by atoms with Crippen molar-refractivity contribution in [3.05, 3.63) is 68.7 Å². The molecule has 0 spiro atoms. The number of nitrogens with one attached hydrogen (secondary N) is 1. The van der Waals surface area contributed by atoms with Gasteiger partial charge in [-0.15, -0.1) is 0 Å². The van der Waals surface area contributed by atoms with Gasteiger partial charge < -0.3 is 4.74 Å². The van der Waals surface area contributed by atoms with Crippen molar-refractivity contribution in [2.75, 3.05) is 19.9 Å². The second kappa shape index (κ2) is 8.41. The fourth-order valence-corrected chi connectivity index (χ4v) is 4.31. The molecule has 1 aliphatic heterocycles. The summed E-state index contributed by atoms with van der Waals surface area (Å²) in [6.45, 7) is 1.66. The van der Waals surface area contributed by atoms with Gasteiger partial charge in [-0.2, -0.15) is 0 Å². The van der Waals surface area contributed by atoms with Gasteiger partial charge in [0.2, 0.25) is 15.0 Å². The summed E-state index contributed by atoms with van der Waals surface area (Å²) in [5, 5.41) is 0.326. The predicted molar refractivity (Wildman–Crippen MR) is 117 cm³/mol. The molecular formula is C21H21ClN4O4S. The fraction of sp³-hybridized carbons (Fsp3) is 0.286. The number of ether oxygens (including phenoxy) is 1. The highest BCUT2D eigenvalue weighted by atomic mass is 35.5. The second-order valence-electron chi connectivity index (χ2n) is 7.43. The van der Waals surface area contributed by atoms with Gasteiger partial charge in [0, 0.05) is 49.1 Å². The SMILES string of the molecule is COc1ccc(Cl)cc1-c1ccc(CN2CCc3nc(S(C)(=O)=O)[nH]c(=O)c3C2)cn1. The average Bonchev–Trinajstić information content (AvgIpc) is 2.74. The van der Waals surface area contributed by atoms with Crippen LogP contribution in [0.2, 0.25) is 5.02 Å². The van der Waals surface area contributed by atoms with Crippen LogP contribution in [0.4, 0.5) is 0 Å². The smallest absolute Gasteiger partial charge is 0.256 e. The minimum absolute atomic E-state index is 0.277. The van der Waals surface area contributed by atoms with Crippen LogP contribution in [-0.2, 0) is 29.3 Å². The Morgan fingerprint density at radius 2 is 2.06 bits per heavy atom. The van der Waals surface area contributed by atoms with E-state index in [1.165, 1.54) is 0 Å². The maximum Gasteiger partial charge on any atom is 0.256 e. The molecule has 0 aliphatic carbocycles. The van der Waals surface area contributed by atoms with Crippen molar-refractivity contribution in [2.24, 2.45) is 0 Å². The van der Waals surface area contributed by atoms with E-state index in [-0.39, 0.29) is 5.16 Å². The molecular weight excluding hydrogens is 440 g/mol. The third-order valence-electron chi connectivity index (χ3n) is 5.15. The molecule has 3 heterocycles. The number of hydrogen-bond donors (Lipinski definition) is 1. The first-order valence-corrected chi connectivity index (χ1v) is 11.8. The van der Waals surface area contributed by atoms with Crippen LogP contribution < -0.4 is 10.3 Å². The highest BCUT2D eigenvalue weighted by Crippen LogP contribution is 2.31.